The molecule has 0 spiro atoms. The molecule has 0 aliphatic carbocycles. The first-order valence-electron chi connectivity index (χ1n) is 10.6. The third-order valence-corrected chi connectivity index (χ3v) is 5.07. The van der Waals surface area contributed by atoms with E-state index in [9.17, 15) is 4.57 Å². The maximum atomic E-state index is 10.7. The Morgan fingerprint density at radius 3 is 1.67 bits per heavy atom. The summed E-state index contributed by atoms with van der Waals surface area (Å²) in [7, 11) is -3.91. The summed E-state index contributed by atoms with van der Waals surface area (Å²) >= 11 is 0. The highest BCUT2D eigenvalue weighted by Gasteiger charge is 2.15. The minimum atomic E-state index is -3.91. The van der Waals surface area contributed by atoms with Crippen LogP contribution in [0.15, 0.2) is 24.3 Å². The van der Waals surface area contributed by atoms with Gasteiger partial charge in [0.15, 0.2) is 0 Å². The minimum Gasteiger partial charge on any atom is -0.328 e. The Hall–Kier alpha value is -0.670. The Kier molecular flexibility index (Phi) is 19.7. The Labute approximate surface area is 168 Å². The summed E-state index contributed by atoms with van der Waals surface area (Å²) in [6, 6.07) is 8.25. The van der Waals surface area contributed by atoms with Gasteiger partial charge in [0.1, 0.15) is 0 Å². The molecule has 0 saturated carbocycles. The van der Waals surface area contributed by atoms with Crippen LogP contribution in [-0.2, 0) is 17.4 Å². The van der Waals surface area contributed by atoms with Gasteiger partial charge in [-0.25, -0.2) is 0 Å². The second-order valence-electron chi connectivity index (χ2n) is 7.00. The quantitative estimate of drug-likeness (QED) is 0.415. The molecule has 0 amide bonds. The van der Waals surface area contributed by atoms with Crippen LogP contribution in [0.3, 0.4) is 0 Å². The largest absolute Gasteiger partial charge is 0.328 e. The van der Waals surface area contributed by atoms with Gasteiger partial charge >= 0.3 is 7.60 Å². The van der Waals surface area contributed by atoms with Crippen LogP contribution in [-0.4, -0.2) is 22.0 Å². The molecule has 0 saturated heterocycles. The fourth-order valence-corrected chi connectivity index (χ4v) is 2.79. The maximum absolute atomic E-state index is 10.7. The summed E-state index contributed by atoms with van der Waals surface area (Å²) < 4.78 is 10.7. The van der Waals surface area contributed by atoms with Crippen molar-refractivity contribution >= 4 is 7.60 Å². The molecule has 0 fully saturated rings. The molecule has 0 aromatic heterocycles. The zero-order valence-electron chi connectivity index (χ0n) is 18.3. The average molecular weight is 402 g/mol. The van der Waals surface area contributed by atoms with Gasteiger partial charge in [-0.15, -0.1) is 0 Å². The second-order valence-corrected chi connectivity index (χ2v) is 8.78. The van der Waals surface area contributed by atoms with E-state index in [2.05, 4.69) is 58.9 Å². The molecule has 1 aromatic carbocycles. The number of rotatable bonds is 10. The minimum absolute atomic E-state index is 0.122. The van der Waals surface area contributed by atoms with Crippen LogP contribution in [0.2, 0.25) is 0 Å². The van der Waals surface area contributed by atoms with Gasteiger partial charge in [0.2, 0.25) is 0 Å². The number of unbranched alkanes of at least 4 members (excludes halogenated alkanes) is 3. The Morgan fingerprint density at radius 2 is 1.33 bits per heavy atom. The first-order valence-corrected chi connectivity index (χ1v) is 12.4. The zero-order valence-corrected chi connectivity index (χ0v) is 19.2. The lowest BCUT2D eigenvalue weighted by Gasteiger charge is -2.12. The van der Waals surface area contributed by atoms with Gasteiger partial charge in [-0.2, -0.15) is 0 Å². The highest BCUT2D eigenvalue weighted by atomic mass is 31.2. The molecule has 5 heteroatoms. The third-order valence-electron chi connectivity index (χ3n) is 4.23. The van der Waals surface area contributed by atoms with Crippen molar-refractivity contribution in [2.24, 2.45) is 5.73 Å². The van der Waals surface area contributed by atoms with Crippen LogP contribution in [0.5, 0.6) is 0 Å². The molecule has 160 valence electrons. The van der Waals surface area contributed by atoms with Crippen LogP contribution in [0, 0.1) is 0 Å². The fourth-order valence-electron chi connectivity index (χ4n) is 2.13. The topological polar surface area (TPSA) is 83.6 Å². The van der Waals surface area contributed by atoms with Gasteiger partial charge in [-0.3, -0.25) is 4.57 Å². The highest BCUT2D eigenvalue weighted by Crippen LogP contribution is 2.35. The van der Waals surface area contributed by atoms with Gasteiger partial charge < -0.3 is 15.5 Å². The molecule has 0 heterocycles. The Balaban J connectivity index is 0. The van der Waals surface area contributed by atoms with Crippen molar-refractivity contribution in [3.05, 3.63) is 35.4 Å². The molecule has 0 bridgehead atoms. The van der Waals surface area contributed by atoms with E-state index < -0.39 is 7.60 Å². The normalized spacial score (nSPS) is 11.7. The van der Waals surface area contributed by atoms with E-state index in [1.165, 1.54) is 43.2 Å². The average Bonchev–Trinajstić information content (AvgIpc) is 2.66. The third kappa shape index (κ3) is 21.5. The predicted octanol–water partition coefficient (Wildman–Crippen LogP) is 6.08. The van der Waals surface area contributed by atoms with Crippen molar-refractivity contribution < 1.29 is 14.4 Å². The SMILES string of the molecule is CCCC.CCCCC.CCc1ccc(CCC(N)CCP(=O)(O)O)cc1. The van der Waals surface area contributed by atoms with Crippen LogP contribution in [0.4, 0.5) is 0 Å². The number of hydrogen-bond donors (Lipinski definition) is 3. The van der Waals surface area contributed by atoms with E-state index in [1.807, 2.05) is 0 Å². The van der Waals surface area contributed by atoms with E-state index in [0.717, 1.165) is 19.3 Å². The molecule has 0 aliphatic heterocycles. The van der Waals surface area contributed by atoms with Crippen molar-refractivity contribution in [1.29, 1.82) is 0 Å². The lowest BCUT2D eigenvalue weighted by molar-refractivity contribution is 0.368. The van der Waals surface area contributed by atoms with Crippen molar-refractivity contribution in [3.63, 3.8) is 0 Å². The number of benzene rings is 1. The number of nitrogens with two attached hydrogens (primary N) is 1. The van der Waals surface area contributed by atoms with Crippen molar-refractivity contribution in [2.75, 3.05) is 6.16 Å². The highest BCUT2D eigenvalue weighted by molar-refractivity contribution is 7.51. The summed E-state index contributed by atoms with van der Waals surface area (Å²) in [6.45, 7) is 10.9. The predicted molar refractivity (Wildman–Crippen MR) is 119 cm³/mol. The Bertz CT molecular complexity index is 467. The first kappa shape index (κ1) is 28.5. The van der Waals surface area contributed by atoms with Crippen LogP contribution in [0.25, 0.3) is 0 Å². The molecule has 1 aromatic rings. The summed E-state index contributed by atoms with van der Waals surface area (Å²) in [4.78, 5) is 17.5. The van der Waals surface area contributed by atoms with Gasteiger partial charge in [0.05, 0.1) is 6.16 Å². The van der Waals surface area contributed by atoms with E-state index >= 15 is 0 Å². The molecule has 1 atom stereocenters. The lowest BCUT2D eigenvalue weighted by Crippen LogP contribution is -2.22. The molecular formula is C22H44NO3P. The maximum Gasteiger partial charge on any atom is 0.325 e. The van der Waals surface area contributed by atoms with Crippen molar-refractivity contribution in [2.45, 2.75) is 98.4 Å². The first-order chi connectivity index (χ1) is 12.7. The standard InChI is InChI=1S/C13H22NO3P.C5H12.C4H10/c1-2-11-3-5-12(6-4-11)7-8-13(14)9-10-18(15,16)17;1-3-5-4-2;1-3-4-2/h3-6,13H,2,7-10,14H2,1H3,(H2,15,16,17);3-5H2,1-2H3;3-4H2,1-2H3. The molecule has 4 N–H and O–H groups in total. The number of hydrogen-bond acceptors (Lipinski definition) is 2. The monoisotopic (exact) mass is 401 g/mol. The van der Waals surface area contributed by atoms with Gasteiger partial charge in [0, 0.05) is 6.04 Å². The molecule has 1 unspecified atom stereocenters. The molecule has 0 aliphatic rings. The summed E-state index contributed by atoms with van der Waals surface area (Å²) in [5.41, 5.74) is 8.37. The molecule has 27 heavy (non-hydrogen) atoms. The molecular weight excluding hydrogens is 357 g/mol. The van der Waals surface area contributed by atoms with Crippen LogP contribution < -0.4 is 5.73 Å². The number of aryl methyl sites for hydroxylation is 2. The molecule has 4 nitrogen and oxygen atoms in total. The van der Waals surface area contributed by atoms with E-state index in [-0.39, 0.29) is 12.2 Å². The van der Waals surface area contributed by atoms with Gasteiger partial charge in [0.25, 0.3) is 0 Å². The molecule has 1 rings (SSSR count). The Morgan fingerprint density at radius 1 is 0.852 bits per heavy atom. The summed E-state index contributed by atoms with van der Waals surface area (Å²) in [5, 5.41) is 0. The van der Waals surface area contributed by atoms with Gasteiger partial charge in [-0.05, 0) is 36.8 Å². The second kappa shape index (κ2) is 18.7. The van der Waals surface area contributed by atoms with E-state index in [4.69, 9.17) is 15.5 Å². The van der Waals surface area contributed by atoms with Crippen molar-refractivity contribution in [1.82, 2.24) is 0 Å². The van der Waals surface area contributed by atoms with Crippen LogP contribution >= 0.6 is 7.60 Å². The summed E-state index contributed by atoms with van der Waals surface area (Å²) in [5.74, 6) is 0. The summed E-state index contributed by atoms with van der Waals surface area (Å²) in [6.07, 6.45) is 9.60. The smallest absolute Gasteiger partial charge is 0.325 e. The zero-order chi connectivity index (χ0) is 21.1. The van der Waals surface area contributed by atoms with Crippen LogP contribution in [0.1, 0.15) is 90.7 Å². The van der Waals surface area contributed by atoms with E-state index in [1.54, 1.807) is 0 Å². The van der Waals surface area contributed by atoms with Crippen molar-refractivity contribution in [3.8, 4) is 0 Å². The van der Waals surface area contributed by atoms with E-state index in [0.29, 0.717) is 6.42 Å². The molecule has 0 radical (unpaired) electrons. The lowest BCUT2D eigenvalue weighted by atomic mass is 10.0. The fraction of sp³-hybridized carbons (Fsp3) is 0.727. The van der Waals surface area contributed by atoms with Gasteiger partial charge in [-0.1, -0.05) is 91.0 Å².